The van der Waals surface area contributed by atoms with Gasteiger partial charge in [-0.1, -0.05) is 54.1 Å². The molecule has 5 rings (SSSR count). The highest BCUT2D eigenvalue weighted by Crippen LogP contribution is 2.27. The van der Waals surface area contributed by atoms with Crippen molar-refractivity contribution in [3.05, 3.63) is 117 Å². The molecule has 0 saturated carbocycles. The molecule has 2 amide bonds. The molecule has 0 bridgehead atoms. The van der Waals surface area contributed by atoms with Crippen molar-refractivity contribution < 1.29 is 14.3 Å². The van der Waals surface area contributed by atoms with Crippen molar-refractivity contribution in [3.63, 3.8) is 0 Å². The fourth-order valence-corrected chi connectivity index (χ4v) is 5.37. The topological polar surface area (TPSA) is 127 Å². The number of aromatic nitrogens is 3. The number of hydrogen-bond acceptors (Lipinski definition) is 7. The van der Waals surface area contributed by atoms with Gasteiger partial charge in [-0.05, 0) is 56.9 Å². The molecule has 0 fully saturated rings. The van der Waals surface area contributed by atoms with E-state index in [1.807, 2.05) is 57.3 Å². The predicted octanol–water partition coefficient (Wildman–Crippen LogP) is 3.82. The summed E-state index contributed by atoms with van der Waals surface area (Å²) in [5, 5.41) is 8.91. The van der Waals surface area contributed by atoms with Crippen LogP contribution in [0.2, 0.25) is 0 Å². The number of pyridine rings is 1. The molecule has 10 nitrogen and oxygen atoms in total. The molecule has 1 aliphatic heterocycles. The van der Waals surface area contributed by atoms with Crippen LogP contribution in [0, 0.1) is 13.8 Å². The lowest BCUT2D eigenvalue weighted by atomic mass is 9.94. The average molecular weight is 595 g/mol. The van der Waals surface area contributed by atoms with Crippen LogP contribution in [0.4, 0.5) is 5.82 Å². The van der Waals surface area contributed by atoms with E-state index < -0.39 is 6.04 Å². The van der Waals surface area contributed by atoms with Gasteiger partial charge in [-0.2, -0.15) is 0 Å². The lowest BCUT2D eigenvalue weighted by molar-refractivity contribution is -0.124. The van der Waals surface area contributed by atoms with Crippen molar-refractivity contribution in [3.8, 4) is 5.75 Å². The highest BCUT2D eigenvalue weighted by Gasteiger charge is 2.31. The van der Waals surface area contributed by atoms with Crippen molar-refractivity contribution in [1.29, 1.82) is 0 Å². The van der Waals surface area contributed by atoms with Gasteiger partial charge in [-0.3, -0.25) is 23.9 Å². The van der Waals surface area contributed by atoms with Gasteiger partial charge in [0.05, 0.1) is 0 Å². The number of aryl methyl sites for hydroxylation is 3. The van der Waals surface area contributed by atoms with Gasteiger partial charge in [0.25, 0.3) is 11.5 Å². The Hall–Kier alpha value is -4.99. The van der Waals surface area contributed by atoms with E-state index in [4.69, 9.17) is 4.74 Å². The molecule has 0 saturated heterocycles. The minimum Gasteiger partial charge on any atom is -0.483 e. The van der Waals surface area contributed by atoms with Gasteiger partial charge < -0.3 is 20.7 Å². The monoisotopic (exact) mass is 594 g/mol. The van der Waals surface area contributed by atoms with Crippen LogP contribution < -0.4 is 26.2 Å². The van der Waals surface area contributed by atoms with Crippen LogP contribution >= 0.6 is 0 Å². The second-order valence-electron chi connectivity index (χ2n) is 11.0. The zero-order valence-corrected chi connectivity index (χ0v) is 25.3. The summed E-state index contributed by atoms with van der Waals surface area (Å²) in [5.74, 6) is 0.131. The van der Waals surface area contributed by atoms with Crippen LogP contribution in [-0.2, 0) is 22.6 Å². The second-order valence-corrected chi connectivity index (χ2v) is 11.0. The van der Waals surface area contributed by atoms with Crippen LogP contribution in [0.5, 0.6) is 5.75 Å². The maximum Gasteiger partial charge on any atom is 0.294 e. The van der Waals surface area contributed by atoms with Crippen LogP contribution in [0.25, 0.3) is 0 Å². The lowest BCUT2D eigenvalue weighted by Crippen LogP contribution is -2.36. The average Bonchev–Trinajstić information content (AvgIpc) is 3.47. The van der Waals surface area contributed by atoms with Gasteiger partial charge in [0.15, 0.2) is 12.4 Å². The van der Waals surface area contributed by atoms with Crippen LogP contribution in [-0.4, -0.2) is 46.0 Å². The molecular weight excluding hydrogens is 556 g/mol. The molecule has 0 spiro atoms. The molecule has 228 valence electrons. The number of ether oxygens (including phenoxy) is 1. The molecule has 1 aliphatic rings. The van der Waals surface area contributed by atoms with Crippen molar-refractivity contribution in [2.75, 3.05) is 25.0 Å². The molecule has 2 aromatic heterocycles. The second kappa shape index (κ2) is 14.0. The maximum atomic E-state index is 13.7. The molecule has 0 radical (unpaired) electrons. The van der Waals surface area contributed by atoms with E-state index in [-0.39, 0.29) is 42.3 Å². The smallest absolute Gasteiger partial charge is 0.294 e. The summed E-state index contributed by atoms with van der Waals surface area (Å²) >= 11 is 0. The number of benzene rings is 2. The number of anilines is 1. The first-order valence-corrected chi connectivity index (χ1v) is 14.9. The Bertz CT molecular complexity index is 1620. The van der Waals surface area contributed by atoms with Crippen LogP contribution in [0.15, 0.2) is 77.9 Å². The van der Waals surface area contributed by atoms with E-state index >= 15 is 0 Å². The Morgan fingerprint density at radius 3 is 2.50 bits per heavy atom. The Balaban J connectivity index is 1.29. The van der Waals surface area contributed by atoms with Gasteiger partial charge in [0, 0.05) is 54.9 Å². The third kappa shape index (κ3) is 7.14. The fourth-order valence-electron chi connectivity index (χ4n) is 5.37. The molecule has 3 heterocycles. The molecular formula is C34H38N6O4. The van der Waals surface area contributed by atoms with Crippen molar-refractivity contribution >= 4 is 17.6 Å². The van der Waals surface area contributed by atoms with Crippen LogP contribution in [0.1, 0.15) is 58.9 Å². The number of amides is 2. The third-order valence-corrected chi connectivity index (χ3v) is 7.76. The number of fused-ring (bicyclic) bond motifs is 1. The Labute approximate surface area is 256 Å². The van der Waals surface area contributed by atoms with E-state index in [2.05, 4.69) is 50.2 Å². The minimum absolute atomic E-state index is 0.106. The first-order valence-electron chi connectivity index (χ1n) is 14.9. The van der Waals surface area contributed by atoms with Crippen molar-refractivity contribution in [2.24, 2.45) is 0 Å². The minimum atomic E-state index is -0.656. The quantitative estimate of drug-likeness (QED) is 0.228. The molecule has 2 atom stereocenters. The Morgan fingerprint density at radius 2 is 1.75 bits per heavy atom. The number of rotatable bonds is 12. The molecule has 3 N–H and O–H groups in total. The number of carbonyl (C=O) groups excluding carboxylic acids is 2. The van der Waals surface area contributed by atoms with Crippen molar-refractivity contribution in [1.82, 2.24) is 25.2 Å². The highest BCUT2D eigenvalue weighted by molar-refractivity contribution is 5.81. The number of nitrogens with zero attached hydrogens (tertiary/aromatic N) is 3. The largest absolute Gasteiger partial charge is 0.483 e. The van der Waals surface area contributed by atoms with Gasteiger partial charge in [0.1, 0.15) is 11.8 Å². The van der Waals surface area contributed by atoms with Gasteiger partial charge in [-0.15, -0.1) is 0 Å². The molecule has 0 unspecified atom stereocenters. The number of para-hydroxylation sites is 1. The van der Waals surface area contributed by atoms with E-state index in [1.165, 1.54) is 0 Å². The molecule has 2 aromatic carbocycles. The number of carbonyl (C=O) groups is 2. The zero-order chi connectivity index (χ0) is 31.1. The predicted molar refractivity (Wildman–Crippen MR) is 169 cm³/mol. The van der Waals surface area contributed by atoms with E-state index in [1.54, 1.807) is 16.8 Å². The first kappa shape index (κ1) is 30.5. The summed E-state index contributed by atoms with van der Waals surface area (Å²) in [6.45, 7) is 6.90. The van der Waals surface area contributed by atoms with E-state index in [0.717, 1.165) is 33.6 Å². The summed E-state index contributed by atoms with van der Waals surface area (Å²) in [6, 6.07) is 18.9. The fraction of sp³-hybridized carbons (Fsp3) is 0.324. The maximum absolute atomic E-state index is 13.7. The third-order valence-electron chi connectivity index (χ3n) is 7.76. The Morgan fingerprint density at radius 1 is 0.977 bits per heavy atom. The van der Waals surface area contributed by atoms with Crippen LogP contribution in [0.3, 0.4) is 0 Å². The number of likely N-dealkylation sites (N-methyl/N-ethyl adjacent to an activating group) is 1. The summed E-state index contributed by atoms with van der Waals surface area (Å²) < 4.78 is 7.23. The van der Waals surface area contributed by atoms with Crippen molar-refractivity contribution in [2.45, 2.75) is 52.1 Å². The molecule has 4 aromatic rings. The lowest BCUT2D eigenvalue weighted by Gasteiger charge is -2.20. The van der Waals surface area contributed by atoms with E-state index in [9.17, 15) is 14.4 Å². The molecule has 10 heteroatoms. The Kier molecular flexibility index (Phi) is 9.69. The standard InChI is InChI=1S/C34H38N6O4/c1-4-35-31(41)21-44-30-8-6-5-7-25(30)18-39-33(42)29-16-14-26-19-37-32(34(43)40(26)29)38-20-27(24-12-9-22(2)10-13-24)28-15-11-23(3)17-36-28/h5-13,15,17,19,27,29H,4,14,16,18,20-21H2,1-3H3,(H,35,41)(H,37,38)(H,39,42)/t27-,29-/m0/s1. The van der Waals surface area contributed by atoms with Gasteiger partial charge in [-0.25, -0.2) is 4.98 Å². The first-order chi connectivity index (χ1) is 21.3. The summed E-state index contributed by atoms with van der Waals surface area (Å²) in [4.78, 5) is 48.0. The summed E-state index contributed by atoms with van der Waals surface area (Å²) in [5.41, 5.74) is 5.33. The molecule has 44 heavy (non-hydrogen) atoms. The normalized spacial score (nSPS) is 14.4. The SMILES string of the molecule is CCNC(=O)COc1ccccc1CNC(=O)[C@@H]1CCc2cnc(NC[C@@H](c3ccc(C)cc3)c3ccc(C)cn3)c(=O)n21. The zero-order valence-electron chi connectivity index (χ0n) is 25.3. The summed E-state index contributed by atoms with van der Waals surface area (Å²) in [7, 11) is 0. The van der Waals surface area contributed by atoms with Gasteiger partial charge in [0.2, 0.25) is 5.91 Å². The molecule has 0 aliphatic carbocycles. The highest BCUT2D eigenvalue weighted by atomic mass is 16.5. The summed E-state index contributed by atoms with van der Waals surface area (Å²) in [6.07, 6.45) is 4.59. The van der Waals surface area contributed by atoms with E-state index in [0.29, 0.717) is 31.7 Å². The number of hydrogen-bond donors (Lipinski definition) is 3. The van der Waals surface area contributed by atoms with Gasteiger partial charge >= 0.3 is 0 Å². The number of nitrogens with one attached hydrogen (secondary N) is 3.